The van der Waals surface area contributed by atoms with E-state index in [1.54, 1.807) is 24.3 Å². The third-order valence-corrected chi connectivity index (χ3v) is 4.81. The first kappa shape index (κ1) is 14.1. The number of carbonyl (C=O) groups is 1. The van der Waals surface area contributed by atoms with Crippen molar-refractivity contribution >= 4 is 28.1 Å². The summed E-state index contributed by atoms with van der Waals surface area (Å²) in [4.78, 5) is 11.7. The van der Waals surface area contributed by atoms with E-state index in [1.165, 1.54) is 12.8 Å². The summed E-state index contributed by atoms with van der Waals surface area (Å²) in [5.41, 5.74) is 6.92. The van der Waals surface area contributed by atoms with E-state index in [1.807, 2.05) is 0 Å². The fourth-order valence-electron chi connectivity index (χ4n) is 2.41. The lowest BCUT2D eigenvalue weighted by molar-refractivity contribution is -0.113. The number of hydrogen-bond acceptors (Lipinski definition) is 3. The molecule has 1 aliphatic rings. The van der Waals surface area contributed by atoms with Crippen molar-refractivity contribution in [1.82, 2.24) is 0 Å². The molecular weight excluding hydrogens is 260 g/mol. The van der Waals surface area contributed by atoms with Crippen LogP contribution in [0.5, 0.6) is 0 Å². The number of hydrogen-bond donors (Lipinski definition) is 2. The highest BCUT2D eigenvalue weighted by atomic mass is 32.2. The Hall–Kier alpha value is -1.36. The highest BCUT2D eigenvalue weighted by Gasteiger charge is 2.19. The molecule has 1 atom stereocenters. The van der Waals surface area contributed by atoms with Crippen LogP contribution in [0.3, 0.4) is 0 Å². The highest BCUT2D eigenvalue weighted by Crippen LogP contribution is 2.25. The van der Waals surface area contributed by atoms with Gasteiger partial charge in [0.15, 0.2) is 0 Å². The Morgan fingerprint density at radius 3 is 2.53 bits per heavy atom. The van der Waals surface area contributed by atoms with Crippen LogP contribution < -0.4 is 11.1 Å². The molecule has 1 unspecified atom stereocenters. The van der Waals surface area contributed by atoms with Gasteiger partial charge in [-0.15, -0.1) is 0 Å². The second-order valence-corrected chi connectivity index (χ2v) is 6.57. The molecule has 1 aliphatic carbocycles. The standard InChI is InChI=1S/C14H20N2O2S/c15-12-5-7-13(8-6-12)16-14(17)10-19(18)9-11-3-1-2-4-11/h5-8,11H,1-4,9-10,15H2,(H,16,17). The van der Waals surface area contributed by atoms with Crippen LogP contribution >= 0.6 is 0 Å². The second kappa shape index (κ2) is 6.70. The second-order valence-electron chi connectivity index (χ2n) is 5.07. The van der Waals surface area contributed by atoms with Gasteiger partial charge in [0.1, 0.15) is 5.75 Å². The average Bonchev–Trinajstić information content (AvgIpc) is 2.84. The Bertz CT molecular complexity index is 453. The lowest BCUT2D eigenvalue weighted by atomic mass is 10.1. The molecule has 1 fully saturated rings. The summed E-state index contributed by atoms with van der Waals surface area (Å²) in [6, 6.07) is 6.94. The van der Waals surface area contributed by atoms with Crippen LogP contribution in [-0.2, 0) is 15.6 Å². The van der Waals surface area contributed by atoms with Gasteiger partial charge in [-0.1, -0.05) is 12.8 Å². The number of benzene rings is 1. The van der Waals surface area contributed by atoms with Gasteiger partial charge in [0.25, 0.3) is 0 Å². The van der Waals surface area contributed by atoms with Gasteiger partial charge in [-0.05, 0) is 43.0 Å². The van der Waals surface area contributed by atoms with Crippen molar-refractivity contribution in [3.05, 3.63) is 24.3 Å². The van der Waals surface area contributed by atoms with Gasteiger partial charge in [-0.2, -0.15) is 0 Å². The number of amides is 1. The van der Waals surface area contributed by atoms with Gasteiger partial charge in [-0.25, -0.2) is 0 Å². The number of carbonyl (C=O) groups excluding carboxylic acids is 1. The zero-order valence-corrected chi connectivity index (χ0v) is 11.7. The minimum absolute atomic E-state index is 0.0842. The molecule has 0 radical (unpaired) electrons. The summed E-state index contributed by atoms with van der Waals surface area (Å²) in [6.07, 6.45) is 4.79. The van der Waals surface area contributed by atoms with Crippen molar-refractivity contribution in [2.75, 3.05) is 22.6 Å². The quantitative estimate of drug-likeness (QED) is 0.812. The first-order chi connectivity index (χ1) is 9.13. The van der Waals surface area contributed by atoms with Crippen molar-refractivity contribution < 1.29 is 9.00 Å². The zero-order valence-electron chi connectivity index (χ0n) is 10.9. The van der Waals surface area contributed by atoms with Crippen molar-refractivity contribution in [3.63, 3.8) is 0 Å². The Morgan fingerprint density at radius 1 is 1.26 bits per heavy atom. The molecule has 1 amide bonds. The molecule has 0 saturated heterocycles. The minimum Gasteiger partial charge on any atom is -0.399 e. The van der Waals surface area contributed by atoms with E-state index >= 15 is 0 Å². The number of rotatable bonds is 5. The normalized spacial score (nSPS) is 17.3. The Morgan fingerprint density at radius 2 is 1.89 bits per heavy atom. The Balaban J connectivity index is 1.77. The number of anilines is 2. The SMILES string of the molecule is Nc1ccc(NC(=O)CS(=O)CC2CCCC2)cc1. The summed E-state index contributed by atoms with van der Waals surface area (Å²) < 4.78 is 11.9. The third-order valence-electron chi connectivity index (χ3n) is 3.38. The largest absolute Gasteiger partial charge is 0.399 e. The predicted octanol–water partition coefficient (Wildman–Crippen LogP) is 2.15. The molecule has 0 aromatic heterocycles. The summed E-state index contributed by atoms with van der Waals surface area (Å²) in [7, 11) is -1.05. The summed E-state index contributed by atoms with van der Waals surface area (Å²) >= 11 is 0. The molecule has 0 spiro atoms. The molecule has 0 heterocycles. The highest BCUT2D eigenvalue weighted by molar-refractivity contribution is 7.85. The third kappa shape index (κ3) is 4.67. The van der Waals surface area contributed by atoms with Gasteiger partial charge < -0.3 is 11.1 Å². The van der Waals surface area contributed by atoms with Crippen molar-refractivity contribution in [2.24, 2.45) is 5.92 Å². The maximum Gasteiger partial charge on any atom is 0.236 e. The maximum absolute atomic E-state index is 11.9. The average molecular weight is 280 g/mol. The van der Waals surface area contributed by atoms with E-state index in [9.17, 15) is 9.00 Å². The number of nitrogens with two attached hydrogens (primary N) is 1. The van der Waals surface area contributed by atoms with Crippen molar-refractivity contribution in [2.45, 2.75) is 25.7 Å². The molecule has 19 heavy (non-hydrogen) atoms. The molecular formula is C14H20N2O2S. The van der Waals surface area contributed by atoms with Crippen LogP contribution in [0.1, 0.15) is 25.7 Å². The fraction of sp³-hybridized carbons (Fsp3) is 0.500. The van der Waals surface area contributed by atoms with E-state index in [0.717, 1.165) is 12.8 Å². The van der Waals surface area contributed by atoms with Crippen LogP contribution in [0.4, 0.5) is 11.4 Å². The topological polar surface area (TPSA) is 72.2 Å². The van der Waals surface area contributed by atoms with E-state index in [-0.39, 0.29) is 11.7 Å². The monoisotopic (exact) mass is 280 g/mol. The lowest BCUT2D eigenvalue weighted by Gasteiger charge is -2.09. The number of nitrogen functional groups attached to an aromatic ring is 1. The molecule has 2 rings (SSSR count). The predicted molar refractivity (Wildman–Crippen MR) is 79.3 cm³/mol. The van der Waals surface area contributed by atoms with Crippen LogP contribution in [0, 0.1) is 5.92 Å². The molecule has 0 bridgehead atoms. The first-order valence-corrected chi connectivity index (χ1v) is 8.12. The molecule has 3 N–H and O–H groups in total. The fourth-order valence-corrected chi connectivity index (χ4v) is 3.75. The van der Waals surface area contributed by atoms with Gasteiger partial charge in [0.05, 0.1) is 0 Å². The molecule has 0 aliphatic heterocycles. The molecule has 1 aromatic rings. The molecule has 1 aromatic carbocycles. The Labute approximate surface area is 116 Å². The van der Waals surface area contributed by atoms with Gasteiger partial charge in [-0.3, -0.25) is 9.00 Å². The smallest absolute Gasteiger partial charge is 0.236 e. The van der Waals surface area contributed by atoms with E-state index in [4.69, 9.17) is 5.73 Å². The van der Waals surface area contributed by atoms with E-state index in [2.05, 4.69) is 5.32 Å². The number of nitrogens with one attached hydrogen (secondary N) is 1. The van der Waals surface area contributed by atoms with Gasteiger partial charge in [0, 0.05) is 27.9 Å². The molecule has 5 heteroatoms. The first-order valence-electron chi connectivity index (χ1n) is 6.64. The maximum atomic E-state index is 11.9. The lowest BCUT2D eigenvalue weighted by Crippen LogP contribution is -2.22. The molecule has 104 valence electrons. The molecule has 1 saturated carbocycles. The summed E-state index contributed by atoms with van der Waals surface area (Å²) in [6.45, 7) is 0. The van der Waals surface area contributed by atoms with Crippen LogP contribution in [-0.4, -0.2) is 21.6 Å². The molecule has 4 nitrogen and oxygen atoms in total. The van der Waals surface area contributed by atoms with Crippen LogP contribution in [0.15, 0.2) is 24.3 Å². The van der Waals surface area contributed by atoms with Gasteiger partial charge in [0.2, 0.25) is 5.91 Å². The zero-order chi connectivity index (χ0) is 13.7. The van der Waals surface area contributed by atoms with E-state index in [0.29, 0.717) is 23.0 Å². The van der Waals surface area contributed by atoms with Crippen molar-refractivity contribution in [3.8, 4) is 0 Å². The summed E-state index contributed by atoms with van der Waals surface area (Å²) in [5.74, 6) is 1.10. The van der Waals surface area contributed by atoms with Gasteiger partial charge >= 0.3 is 0 Å². The van der Waals surface area contributed by atoms with Crippen LogP contribution in [0.25, 0.3) is 0 Å². The van der Waals surface area contributed by atoms with Crippen LogP contribution in [0.2, 0.25) is 0 Å². The Kier molecular flexibility index (Phi) is 4.96. The summed E-state index contributed by atoms with van der Waals surface area (Å²) in [5, 5.41) is 2.74. The van der Waals surface area contributed by atoms with E-state index < -0.39 is 10.8 Å². The van der Waals surface area contributed by atoms with Crippen molar-refractivity contribution in [1.29, 1.82) is 0 Å². The minimum atomic E-state index is -1.05.